The first kappa shape index (κ1) is 18.8. The van der Waals surface area contributed by atoms with Crippen molar-refractivity contribution < 1.29 is 14.3 Å². The van der Waals surface area contributed by atoms with Gasteiger partial charge in [0.2, 0.25) is 0 Å². The second-order valence-electron chi connectivity index (χ2n) is 5.34. The Balaban J connectivity index is 1.89. The Bertz CT molecular complexity index is 909. The van der Waals surface area contributed by atoms with E-state index >= 15 is 0 Å². The molecule has 2 aromatic carbocycles. The molecule has 0 radical (unpaired) electrons. The molecule has 0 spiro atoms. The highest BCUT2D eigenvalue weighted by Crippen LogP contribution is 2.36. The zero-order valence-electron chi connectivity index (χ0n) is 13.8. The van der Waals surface area contributed by atoms with Crippen LogP contribution in [0.5, 0.6) is 0 Å². The molecule has 26 heavy (non-hydrogen) atoms. The molecule has 1 aliphatic rings. The van der Waals surface area contributed by atoms with Crippen LogP contribution in [0.3, 0.4) is 0 Å². The summed E-state index contributed by atoms with van der Waals surface area (Å²) in [6.07, 6.45) is 1.81. The van der Waals surface area contributed by atoms with Crippen molar-refractivity contribution in [3.05, 3.63) is 69.0 Å². The van der Waals surface area contributed by atoms with E-state index in [-0.39, 0.29) is 5.91 Å². The minimum atomic E-state index is -0.426. The Hall–Kier alpha value is -1.96. The first-order valence-corrected chi connectivity index (χ1v) is 9.82. The van der Waals surface area contributed by atoms with Crippen LogP contribution in [-0.2, 0) is 9.53 Å². The first-order valence-electron chi connectivity index (χ1n) is 7.80. The summed E-state index contributed by atoms with van der Waals surface area (Å²) in [5, 5.41) is 0. The third-order valence-corrected chi connectivity index (χ3v) is 5.41. The minimum Gasteiger partial charge on any atom is -0.462 e. The van der Waals surface area contributed by atoms with Gasteiger partial charge in [0.05, 0.1) is 22.8 Å². The highest BCUT2D eigenvalue weighted by Gasteiger charge is 2.33. The van der Waals surface area contributed by atoms with Gasteiger partial charge in [0, 0.05) is 4.47 Å². The first-order chi connectivity index (χ1) is 12.5. The SMILES string of the molecule is CCOC(=O)c1cccc(N2C(=O)/C(=C\c3ccc(Br)cc3)SC2=S)c1. The van der Waals surface area contributed by atoms with E-state index < -0.39 is 5.97 Å². The zero-order valence-corrected chi connectivity index (χ0v) is 17.0. The quantitative estimate of drug-likeness (QED) is 0.373. The Kier molecular flexibility index (Phi) is 5.90. The number of amides is 1. The molecule has 0 aliphatic carbocycles. The van der Waals surface area contributed by atoms with Crippen molar-refractivity contribution in [3.8, 4) is 0 Å². The molecule has 0 unspecified atom stereocenters. The van der Waals surface area contributed by atoms with Crippen molar-refractivity contribution in [1.29, 1.82) is 0 Å². The number of halogens is 1. The molecule has 1 amide bonds. The van der Waals surface area contributed by atoms with Crippen molar-refractivity contribution in [2.24, 2.45) is 0 Å². The Morgan fingerprint density at radius 2 is 2.00 bits per heavy atom. The summed E-state index contributed by atoms with van der Waals surface area (Å²) in [5.41, 5.74) is 1.85. The number of carbonyl (C=O) groups is 2. The molecule has 1 heterocycles. The van der Waals surface area contributed by atoms with Crippen LogP contribution in [0, 0.1) is 0 Å². The number of benzene rings is 2. The van der Waals surface area contributed by atoms with E-state index in [1.807, 2.05) is 24.3 Å². The van der Waals surface area contributed by atoms with Gasteiger partial charge < -0.3 is 4.74 Å². The number of rotatable bonds is 4. The summed E-state index contributed by atoms with van der Waals surface area (Å²) < 4.78 is 6.41. The monoisotopic (exact) mass is 447 g/mol. The molecule has 0 saturated carbocycles. The van der Waals surface area contributed by atoms with Crippen LogP contribution in [0.1, 0.15) is 22.8 Å². The van der Waals surface area contributed by atoms with E-state index in [0.717, 1.165) is 10.0 Å². The molecule has 3 rings (SSSR count). The number of thioether (sulfide) groups is 1. The third-order valence-electron chi connectivity index (χ3n) is 3.58. The topological polar surface area (TPSA) is 46.6 Å². The van der Waals surface area contributed by atoms with Gasteiger partial charge in [0.15, 0.2) is 4.32 Å². The second-order valence-corrected chi connectivity index (χ2v) is 7.93. The average molecular weight is 448 g/mol. The summed E-state index contributed by atoms with van der Waals surface area (Å²) in [7, 11) is 0. The lowest BCUT2D eigenvalue weighted by atomic mass is 10.2. The molecule has 132 valence electrons. The molecular weight excluding hydrogens is 434 g/mol. The fraction of sp³-hybridized carbons (Fsp3) is 0.105. The Labute approximate surface area is 169 Å². The highest BCUT2D eigenvalue weighted by molar-refractivity contribution is 9.10. The molecule has 0 bridgehead atoms. The van der Waals surface area contributed by atoms with Gasteiger partial charge in [0.1, 0.15) is 0 Å². The molecule has 4 nitrogen and oxygen atoms in total. The largest absolute Gasteiger partial charge is 0.462 e. The van der Waals surface area contributed by atoms with Gasteiger partial charge >= 0.3 is 5.97 Å². The smallest absolute Gasteiger partial charge is 0.338 e. The molecule has 2 aromatic rings. The molecule has 1 aliphatic heterocycles. The van der Waals surface area contributed by atoms with Crippen LogP contribution in [0.2, 0.25) is 0 Å². The van der Waals surface area contributed by atoms with Crippen molar-refractivity contribution in [1.82, 2.24) is 0 Å². The van der Waals surface area contributed by atoms with Crippen molar-refractivity contribution in [2.75, 3.05) is 11.5 Å². The number of hydrogen-bond donors (Lipinski definition) is 0. The zero-order chi connectivity index (χ0) is 18.7. The number of esters is 1. The van der Waals surface area contributed by atoms with Crippen LogP contribution in [0.4, 0.5) is 5.69 Å². The van der Waals surface area contributed by atoms with Crippen LogP contribution in [0.25, 0.3) is 6.08 Å². The average Bonchev–Trinajstić information content (AvgIpc) is 2.91. The van der Waals surface area contributed by atoms with Crippen LogP contribution >= 0.6 is 39.9 Å². The summed E-state index contributed by atoms with van der Waals surface area (Å²) in [5.74, 6) is -0.630. The van der Waals surface area contributed by atoms with Gasteiger partial charge in [-0.1, -0.05) is 58.1 Å². The fourth-order valence-corrected chi connectivity index (χ4v) is 3.95. The van der Waals surface area contributed by atoms with Gasteiger partial charge in [0.25, 0.3) is 5.91 Å². The predicted octanol–water partition coefficient (Wildman–Crippen LogP) is 5.03. The normalized spacial score (nSPS) is 15.6. The van der Waals surface area contributed by atoms with E-state index in [1.165, 1.54) is 16.7 Å². The number of ether oxygens (including phenoxy) is 1. The summed E-state index contributed by atoms with van der Waals surface area (Å²) in [4.78, 5) is 26.7. The van der Waals surface area contributed by atoms with E-state index in [0.29, 0.717) is 27.1 Å². The molecular formula is C19H14BrNO3S2. The van der Waals surface area contributed by atoms with E-state index in [1.54, 1.807) is 37.3 Å². The lowest BCUT2D eigenvalue weighted by Crippen LogP contribution is -2.27. The maximum Gasteiger partial charge on any atom is 0.338 e. The van der Waals surface area contributed by atoms with Crippen molar-refractivity contribution in [3.63, 3.8) is 0 Å². The maximum absolute atomic E-state index is 12.8. The fourth-order valence-electron chi connectivity index (χ4n) is 2.39. The number of thiocarbonyl (C=S) groups is 1. The number of anilines is 1. The molecule has 1 fully saturated rings. The summed E-state index contributed by atoms with van der Waals surface area (Å²) in [6, 6.07) is 14.4. The molecule has 0 N–H and O–H groups in total. The van der Waals surface area contributed by atoms with Crippen LogP contribution in [-0.4, -0.2) is 22.8 Å². The number of nitrogens with zero attached hydrogens (tertiary/aromatic N) is 1. The summed E-state index contributed by atoms with van der Waals surface area (Å²) >= 11 is 10.0. The standard InChI is InChI=1S/C19H14BrNO3S2/c1-2-24-18(23)13-4-3-5-15(11-13)21-17(22)16(26-19(21)25)10-12-6-8-14(20)9-7-12/h3-11H,2H2,1H3/b16-10+. The van der Waals surface area contributed by atoms with E-state index in [4.69, 9.17) is 17.0 Å². The van der Waals surface area contributed by atoms with Gasteiger partial charge in [-0.25, -0.2) is 4.79 Å². The number of carbonyl (C=O) groups excluding carboxylic acids is 2. The molecule has 0 aromatic heterocycles. The lowest BCUT2D eigenvalue weighted by molar-refractivity contribution is -0.113. The second kappa shape index (κ2) is 8.16. The van der Waals surface area contributed by atoms with Gasteiger partial charge in [-0.3, -0.25) is 9.69 Å². The van der Waals surface area contributed by atoms with Gasteiger partial charge in [-0.15, -0.1) is 0 Å². The Morgan fingerprint density at radius 1 is 1.27 bits per heavy atom. The predicted molar refractivity (Wildman–Crippen MR) is 112 cm³/mol. The molecule has 7 heteroatoms. The lowest BCUT2D eigenvalue weighted by Gasteiger charge is -2.15. The van der Waals surface area contributed by atoms with Gasteiger partial charge in [-0.2, -0.15) is 0 Å². The van der Waals surface area contributed by atoms with Crippen molar-refractivity contribution in [2.45, 2.75) is 6.92 Å². The Morgan fingerprint density at radius 3 is 2.69 bits per heavy atom. The summed E-state index contributed by atoms with van der Waals surface area (Å²) in [6.45, 7) is 2.04. The van der Waals surface area contributed by atoms with E-state index in [9.17, 15) is 9.59 Å². The highest BCUT2D eigenvalue weighted by atomic mass is 79.9. The van der Waals surface area contributed by atoms with E-state index in [2.05, 4.69) is 15.9 Å². The van der Waals surface area contributed by atoms with Crippen LogP contribution < -0.4 is 4.90 Å². The number of hydrogen-bond acceptors (Lipinski definition) is 5. The van der Waals surface area contributed by atoms with Crippen molar-refractivity contribution >= 4 is 67.9 Å². The third kappa shape index (κ3) is 4.06. The minimum absolute atomic E-state index is 0.205. The maximum atomic E-state index is 12.8. The van der Waals surface area contributed by atoms with Crippen LogP contribution in [0.15, 0.2) is 57.9 Å². The van der Waals surface area contributed by atoms with Gasteiger partial charge in [-0.05, 0) is 48.9 Å². The molecule has 1 saturated heterocycles. The molecule has 0 atom stereocenters.